The Kier molecular flexibility index (Phi) is 5.95. The first-order valence-corrected chi connectivity index (χ1v) is 4.54. The van der Waals surface area contributed by atoms with E-state index in [4.69, 9.17) is 4.74 Å². The van der Waals surface area contributed by atoms with Gasteiger partial charge in [0.05, 0.1) is 5.97 Å². The Morgan fingerprint density at radius 1 is 1.40 bits per heavy atom. The number of carbonyl (C=O) groups excluding carboxylic acids is 1. The van der Waals surface area contributed by atoms with Crippen LogP contribution in [0.2, 0.25) is 0 Å². The van der Waals surface area contributed by atoms with Crippen molar-refractivity contribution >= 4 is 5.97 Å². The summed E-state index contributed by atoms with van der Waals surface area (Å²) in [7, 11) is 0. The van der Waals surface area contributed by atoms with Gasteiger partial charge in [-0.05, 0) is 25.5 Å². The maximum Gasteiger partial charge on any atom is 1.00 e. The summed E-state index contributed by atoms with van der Waals surface area (Å²) in [5.74, 6) is -0.648. The van der Waals surface area contributed by atoms with E-state index in [1.54, 1.807) is 31.2 Å². The quantitative estimate of drug-likeness (QED) is 0.546. The molecule has 15 heavy (non-hydrogen) atoms. The van der Waals surface area contributed by atoms with Gasteiger partial charge >= 0.3 is 29.6 Å². The maximum atomic E-state index is 10.8. The number of hydrogen-bond donors (Lipinski definition) is 0. The first-order valence-electron chi connectivity index (χ1n) is 4.54. The Balaban J connectivity index is 0.00000196. The predicted molar refractivity (Wildman–Crippen MR) is 50.8 cm³/mol. The number of aliphatic carboxylic acids is 1. The van der Waals surface area contributed by atoms with Crippen LogP contribution in [0.5, 0.6) is 5.75 Å². The largest absolute Gasteiger partial charge is 1.00 e. The summed E-state index contributed by atoms with van der Waals surface area (Å²) >= 11 is 0. The number of hydrogen-bond acceptors (Lipinski definition) is 3. The van der Waals surface area contributed by atoms with Crippen LogP contribution < -0.4 is 39.4 Å². The van der Waals surface area contributed by atoms with Crippen LogP contribution in [0.4, 0.5) is 0 Å². The van der Waals surface area contributed by atoms with Gasteiger partial charge in [0.2, 0.25) is 0 Å². The van der Waals surface area contributed by atoms with E-state index in [1.165, 1.54) is 6.92 Å². The van der Waals surface area contributed by atoms with Crippen LogP contribution in [-0.2, 0) is 4.79 Å². The molecule has 0 aromatic heterocycles. The van der Waals surface area contributed by atoms with Crippen LogP contribution in [0.1, 0.15) is 20.3 Å². The molecule has 0 N–H and O–H groups in total. The molecular weight excluding hydrogens is 203 g/mol. The summed E-state index contributed by atoms with van der Waals surface area (Å²) in [5.41, 5.74) is -1.25. The van der Waals surface area contributed by atoms with E-state index in [2.05, 4.69) is 0 Å². The first-order chi connectivity index (χ1) is 6.58. The van der Waals surface area contributed by atoms with E-state index in [0.717, 1.165) is 0 Å². The van der Waals surface area contributed by atoms with Crippen molar-refractivity contribution in [2.24, 2.45) is 0 Å². The summed E-state index contributed by atoms with van der Waals surface area (Å²) in [6, 6.07) is 8.87. The topological polar surface area (TPSA) is 49.4 Å². The van der Waals surface area contributed by atoms with Gasteiger partial charge in [0.25, 0.3) is 0 Å². The van der Waals surface area contributed by atoms with Crippen molar-refractivity contribution < 1.29 is 44.2 Å². The number of para-hydroxylation sites is 1. The molecule has 0 bridgehead atoms. The van der Waals surface area contributed by atoms with Crippen molar-refractivity contribution in [3.63, 3.8) is 0 Å². The van der Waals surface area contributed by atoms with Gasteiger partial charge in [0.15, 0.2) is 0 Å². The molecule has 0 aliphatic rings. The SMILES string of the molecule is CCC(C)(Oc1ccccc1)C(=O)[O-].[Na+]. The minimum atomic E-state index is -1.25. The van der Waals surface area contributed by atoms with Crippen molar-refractivity contribution in [1.82, 2.24) is 0 Å². The Morgan fingerprint density at radius 3 is 2.33 bits per heavy atom. The molecule has 3 nitrogen and oxygen atoms in total. The molecule has 0 amide bonds. The van der Waals surface area contributed by atoms with Crippen molar-refractivity contribution in [2.75, 3.05) is 0 Å². The summed E-state index contributed by atoms with van der Waals surface area (Å²) < 4.78 is 5.35. The molecule has 1 aromatic rings. The molecule has 0 radical (unpaired) electrons. The van der Waals surface area contributed by atoms with Crippen molar-refractivity contribution in [3.8, 4) is 5.75 Å². The summed E-state index contributed by atoms with van der Waals surface area (Å²) in [6.45, 7) is 3.26. The molecule has 1 unspecified atom stereocenters. The second kappa shape index (κ2) is 6.16. The standard InChI is InChI=1S/C11H14O3.Na/c1-3-11(2,10(12)13)14-9-7-5-4-6-8-9;/h4-8H,3H2,1-2H3,(H,12,13);/q;+1/p-1. The van der Waals surface area contributed by atoms with Crippen LogP contribution in [0, 0.1) is 0 Å². The normalized spacial score (nSPS) is 13.5. The van der Waals surface area contributed by atoms with Gasteiger partial charge in [-0.1, -0.05) is 25.1 Å². The molecule has 0 fully saturated rings. The van der Waals surface area contributed by atoms with Crippen LogP contribution >= 0.6 is 0 Å². The minimum Gasteiger partial charge on any atom is -0.546 e. The van der Waals surface area contributed by atoms with Gasteiger partial charge in [-0.2, -0.15) is 0 Å². The Bertz CT molecular complexity index is 313. The van der Waals surface area contributed by atoms with E-state index >= 15 is 0 Å². The summed E-state index contributed by atoms with van der Waals surface area (Å²) in [4.78, 5) is 10.8. The van der Waals surface area contributed by atoms with Crippen LogP contribution in [-0.4, -0.2) is 11.6 Å². The number of ether oxygens (including phenoxy) is 1. The van der Waals surface area contributed by atoms with Crippen molar-refractivity contribution in [1.29, 1.82) is 0 Å². The monoisotopic (exact) mass is 216 g/mol. The third-order valence-corrected chi connectivity index (χ3v) is 2.19. The smallest absolute Gasteiger partial charge is 0.546 e. The molecule has 0 aliphatic carbocycles. The predicted octanol–water partition coefficient (Wildman–Crippen LogP) is -2.01. The fraction of sp³-hybridized carbons (Fsp3) is 0.364. The number of carboxylic acids is 1. The average molecular weight is 216 g/mol. The van der Waals surface area contributed by atoms with Crippen molar-refractivity contribution in [2.45, 2.75) is 25.9 Å². The third-order valence-electron chi connectivity index (χ3n) is 2.19. The van der Waals surface area contributed by atoms with E-state index in [0.29, 0.717) is 12.2 Å². The Labute approximate surface area is 112 Å². The molecule has 4 heteroatoms. The zero-order chi connectivity index (χ0) is 10.6. The van der Waals surface area contributed by atoms with E-state index in [9.17, 15) is 9.90 Å². The molecule has 1 rings (SSSR count). The molecule has 0 saturated carbocycles. The van der Waals surface area contributed by atoms with Gasteiger partial charge in [0.1, 0.15) is 11.4 Å². The Morgan fingerprint density at radius 2 is 1.93 bits per heavy atom. The summed E-state index contributed by atoms with van der Waals surface area (Å²) in [6.07, 6.45) is 0.365. The molecule has 0 spiro atoms. The zero-order valence-electron chi connectivity index (χ0n) is 9.32. The van der Waals surface area contributed by atoms with Gasteiger partial charge < -0.3 is 14.6 Å². The number of carboxylic acid groups (broad SMARTS) is 1. The van der Waals surface area contributed by atoms with E-state index in [1.807, 2.05) is 6.07 Å². The van der Waals surface area contributed by atoms with Crippen LogP contribution in [0.3, 0.4) is 0 Å². The molecule has 0 heterocycles. The van der Waals surface area contributed by atoms with Gasteiger partial charge in [0, 0.05) is 0 Å². The molecular formula is C11H13NaO3. The zero-order valence-corrected chi connectivity index (χ0v) is 11.3. The van der Waals surface area contributed by atoms with Gasteiger partial charge in [-0.25, -0.2) is 0 Å². The fourth-order valence-corrected chi connectivity index (χ4v) is 1.01. The van der Waals surface area contributed by atoms with E-state index in [-0.39, 0.29) is 29.6 Å². The van der Waals surface area contributed by atoms with Crippen LogP contribution in [0.25, 0.3) is 0 Å². The van der Waals surface area contributed by atoms with Gasteiger partial charge in [-0.3, -0.25) is 0 Å². The Hall–Kier alpha value is -0.510. The molecule has 0 aliphatic heterocycles. The third kappa shape index (κ3) is 3.86. The number of benzene rings is 1. The molecule has 0 saturated heterocycles. The molecule has 1 atom stereocenters. The summed E-state index contributed by atoms with van der Waals surface area (Å²) in [5, 5.41) is 10.8. The second-order valence-electron chi connectivity index (χ2n) is 3.29. The number of rotatable bonds is 4. The maximum absolute atomic E-state index is 10.8. The molecule has 76 valence electrons. The van der Waals surface area contributed by atoms with E-state index < -0.39 is 11.6 Å². The van der Waals surface area contributed by atoms with Crippen molar-refractivity contribution in [3.05, 3.63) is 30.3 Å². The average Bonchev–Trinajstić information content (AvgIpc) is 2.19. The minimum absolute atomic E-state index is 0. The second-order valence-corrected chi connectivity index (χ2v) is 3.29. The number of carbonyl (C=O) groups is 1. The first kappa shape index (κ1) is 14.5. The molecule has 1 aromatic carbocycles. The van der Waals surface area contributed by atoms with Crippen LogP contribution in [0.15, 0.2) is 30.3 Å². The van der Waals surface area contributed by atoms with Gasteiger partial charge in [-0.15, -0.1) is 0 Å². The fourth-order valence-electron chi connectivity index (χ4n) is 1.01.